The second-order valence-electron chi connectivity index (χ2n) is 4.33. The lowest BCUT2D eigenvalue weighted by Gasteiger charge is -1.98. The van der Waals surface area contributed by atoms with Crippen molar-refractivity contribution in [3.05, 3.63) is 76.2 Å². The number of carbonyl (C=O) groups excluding carboxylic acids is 1. The maximum atomic E-state index is 12.2. The van der Waals surface area contributed by atoms with E-state index in [4.69, 9.17) is 21.3 Å². The normalized spacial score (nSPS) is 12.0. The zero-order chi connectivity index (χ0) is 15.2. The number of allylic oxidation sites excluding steroid dienone is 3. The molecule has 0 saturated carbocycles. The van der Waals surface area contributed by atoms with Crippen molar-refractivity contribution >= 4 is 23.5 Å². The first-order valence-electron chi connectivity index (χ1n) is 6.24. The van der Waals surface area contributed by atoms with Gasteiger partial charge in [-0.05, 0) is 30.7 Å². The van der Waals surface area contributed by atoms with Gasteiger partial charge >= 0.3 is 0 Å². The Morgan fingerprint density at radius 1 is 1.29 bits per heavy atom. The summed E-state index contributed by atoms with van der Waals surface area (Å²) in [6, 6.07) is 12.8. The molecule has 104 valence electrons. The molecule has 0 aliphatic heterocycles. The number of hydrogen-bond acceptors (Lipinski definition) is 3. The van der Waals surface area contributed by atoms with Crippen molar-refractivity contribution in [2.45, 2.75) is 6.92 Å². The second-order valence-corrected chi connectivity index (χ2v) is 4.77. The van der Waals surface area contributed by atoms with Crippen LogP contribution in [0.15, 0.2) is 63.8 Å². The minimum Gasteiger partial charge on any atom is -0.469 e. The number of nitrogens with zero attached hydrogens (tertiary/aromatic N) is 1. The van der Waals surface area contributed by atoms with E-state index in [0.29, 0.717) is 16.4 Å². The van der Waals surface area contributed by atoms with Crippen LogP contribution in [0.1, 0.15) is 21.7 Å². The predicted octanol–water partition coefficient (Wildman–Crippen LogP) is 4.50. The fourth-order valence-corrected chi connectivity index (χ4v) is 2.04. The highest BCUT2D eigenvalue weighted by Crippen LogP contribution is 2.18. The Morgan fingerprint density at radius 3 is 2.57 bits per heavy atom. The molecule has 0 amide bonds. The van der Waals surface area contributed by atoms with Crippen LogP contribution in [0, 0.1) is 18.3 Å². The van der Waals surface area contributed by atoms with Crippen LogP contribution in [0.2, 0.25) is 0 Å². The van der Waals surface area contributed by atoms with E-state index in [9.17, 15) is 4.79 Å². The van der Waals surface area contributed by atoms with Crippen molar-refractivity contribution < 1.29 is 9.21 Å². The van der Waals surface area contributed by atoms with Crippen LogP contribution in [0.5, 0.6) is 0 Å². The lowest BCUT2D eigenvalue weighted by molar-refractivity contribution is 0.103. The van der Waals surface area contributed by atoms with Gasteiger partial charge in [-0.3, -0.25) is 4.79 Å². The smallest absolute Gasteiger partial charge is 0.207 e. The van der Waals surface area contributed by atoms with E-state index in [2.05, 4.69) is 0 Å². The molecule has 1 heterocycles. The summed E-state index contributed by atoms with van der Waals surface area (Å²) in [5, 5.41) is 9.46. The molecule has 0 fully saturated rings. The number of rotatable bonds is 4. The van der Waals surface area contributed by atoms with Gasteiger partial charge in [0.05, 0.1) is 11.8 Å². The number of carbonyl (C=O) groups is 1. The van der Waals surface area contributed by atoms with E-state index in [1.165, 1.54) is 18.4 Å². The average Bonchev–Trinajstić information content (AvgIpc) is 2.91. The van der Waals surface area contributed by atoms with E-state index in [-0.39, 0.29) is 5.57 Å². The highest BCUT2D eigenvalue weighted by molar-refractivity contribution is 6.33. The third-order valence-electron chi connectivity index (χ3n) is 2.85. The molecule has 0 aliphatic rings. The van der Waals surface area contributed by atoms with Gasteiger partial charge in [0.1, 0.15) is 17.4 Å². The van der Waals surface area contributed by atoms with Crippen molar-refractivity contribution in [2.24, 2.45) is 0 Å². The first kappa shape index (κ1) is 14.8. The second kappa shape index (κ2) is 6.74. The monoisotopic (exact) mass is 297 g/mol. The zero-order valence-electron chi connectivity index (χ0n) is 11.3. The maximum absolute atomic E-state index is 12.2. The zero-order valence-corrected chi connectivity index (χ0v) is 12.1. The fourth-order valence-electron chi connectivity index (χ4n) is 1.80. The van der Waals surface area contributed by atoms with E-state index >= 15 is 0 Å². The van der Waals surface area contributed by atoms with Gasteiger partial charge in [-0.15, -0.1) is 0 Å². The number of ketones is 1. The molecule has 2 rings (SSSR count). The number of nitriles is 1. The molecule has 0 unspecified atom stereocenters. The number of benzene rings is 1. The lowest BCUT2D eigenvalue weighted by atomic mass is 10.0. The van der Waals surface area contributed by atoms with Crippen molar-refractivity contribution in [3.63, 3.8) is 0 Å². The molecule has 0 bridgehead atoms. The van der Waals surface area contributed by atoms with Gasteiger partial charge < -0.3 is 4.42 Å². The van der Waals surface area contributed by atoms with E-state index in [1.807, 2.05) is 36.4 Å². The average molecular weight is 298 g/mol. The van der Waals surface area contributed by atoms with Crippen LogP contribution in [-0.4, -0.2) is 5.78 Å². The van der Waals surface area contributed by atoms with Crippen LogP contribution in [-0.2, 0) is 0 Å². The van der Waals surface area contributed by atoms with Gasteiger partial charge in [0.2, 0.25) is 5.78 Å². The Balaban J connectivity index is 2.29. The van der Waals surface area contributed by atoms with Crippen LogP contribution in [0.3, 0.4) is 0 Å². The standard InChI is InChI=1S/C17H12ClNO2/c1-12-16(7-8-21-12)17(20)14(11-19)10-15(18)9-13-5-3-2-4-6-13/h2-10H,1H3/b14-10+,15-9-. The summed E-state index contributed by atoms with van der Waals surface area (Å²) < 4.78 is 5.08. The van der Waals surface area contributed by atoms with Crippen LogP contribution in [0.4, 0.5) is 0 Å². The fraction of sp³-hybridized carbons (Fsp3) is 0.0588. The Morgan fingerprint density at radius 2 is 2.00 bits per heavy atom. The van der Waals surface area contributed by atoms with Crippen LogP contribution in [0.25, 0.3) is 6.08 Å². The number of furan rings is 1. The summed E-state index contributed by atoms with van der Waals surface area (Å²) >= 11 is 6.09. The molecule has 1 aromatic carbocycles. The van der Waals surface area contributed by atoms with Gasteiger partial charge in [-0.2, -0.15) is 5.26 Å². The lowest BCUT2D eigenvalue weighted by Crippen LogP contribution is -2.02. The van der Waals surface area contributed by atoms with Crippen molar-refractivity contribution in [2.75, 3.05) is 0 Å². The van der Waals surface area contributed by atoms with E-state index < -0.39 is 5.78 Å². The SMILES string of the molecule is Cc1occc1C(=O)/C(C#N)=C/C(Cl)=C/c1ccccc1. The van der Waals surface area contributed by atoms with Crippen LogP contribution >= 0.6 is 11.6 Å². The number of hydrogen-bond donors (Lipinski definition) is 0. The molecule has 4 heteroatoms. The highest BCUT2D eigenvalue weighted by Gasteiger charge is 2.16. The predicted molar refractivity (Wildman–Crippen MR) is 81.7 cm³/mol. The van der Waals surface area contributed by atoms with E-state index in [1.54, 1.807) is 13.0 Å². The summed E-state index contributed by atoms with van der Waals surface area (Å²) in [7, 11) is 0. The van der Waals surface area contributed by atoms with Gasteiger partial charge in [0.25, 0.3) is 0 Å². The summed E-state index contributed by atoms with van der Waals surface area (Å²) in [5.74, 6) is 0.0765. The summed E-state index contributed by atoms with van der Waals surface area (Å²) in [6.45, 7) is 1.67. The largest absolute Gasteiger partial charge is 0.469 e. The molecular formula is C17H12ClNO2. The Hall–Kier alpha value is -2.57. The molecule has 0 saturated heterocycles. The van der Waals surface area contributed by atoms with Gasteiger partial charge in [0.15, 0.2) is 0 Å². The van der Waals surface area contributed by atoms with E-state index in [0.717, 1.165) is 5.56 Å². The molecule has 0 atom stereocenters. The molecule has 0 aliphatic carbocycles. The first-order chi connectivity index (χ1) is 10.1. The Kier molecular flexibility index (Phi) is 4.76. The number of Topliss-reactive ketones (excluding diaryl/α,β-unsaturated/α-hetero) is 1. The van der Waals surface area contributed by atoms with Crippen molar-refractivity contribution in [1.82, 2.24) is 0 Å². The number of halogens is 1. The molecule has 3 nitrogen and oxygen atoms in total. The topological polar surface area (TPSA) is 54.0 Å². The summed E-state index contributed by atoms with van der Waals surface area (Å²) in [6.07, 6.45) is 4.47. The van der Waals surface area contributed by atoms with Crippen molar-refractivity contribution in [3.8, 4) is 6.07 Å². The Bertz CT molecular complexity index is 749. The highest BCUT2D eigenvalue weighted by atomic mass is 35.5. The number of aryl methyl sites for hydroxylation is 1. The first-order valence-corrected chi connectivity index (χ1v) is 6.62. The summed E-state index contributed by atoms with van der Waals surface area (Å²) in [4.78, 5) is 12.2. The maximum Gasteiger partial charge on any atom is 0.207 e. The molecule has 21 heavy (non-hydrogen) atoms. The molecule has 2 aromatic rings. The third kappa shape index (κ3) is 3.71. The van der Waals surface area contributed by atoms with Gasteiger partial charge in [-0.25, -0.2) is 0 Å². The third-order valence-corrected chi connectivity index (χ3v) is 3.07. The van der Waals surface area contributed by atoms with Crippen LogP contribution < -0.4 is 0 Å². The minimum absolute atomic E-state index is 0.0309. The minimum atomic E-state index is -0.400. The van der Waals surface area contributed by atoms with Gasteiger partial charge in [-0.1, -0.05) is 41.9 Å². The summed E-state index contributed by atoms with van der Waals surface area (Å²) in [5.41, 5.74) is 1.23. The van der Waals surface area contributed by atoms with Gasteiger partial charge in [0, 0.05) is 5.03 Å². The molecular weight excluding hydrogens is 286 g/mol. The van der Waals surface area contributed by atoms with Crippen molar-refractivity contribution in [1.29, 1.82) is 5.26 Å². The quantitative estimate of drug-likeness (QED) is 0.361. The molecule has 0 N–H and O–H groups in total. The Labute approximate surface area is 127 Å². The molecule has 0 radical (unpaired) electrons. The molecule has 0 spiro atoms. The molecule has 1 aromatic heterocycles.